The molecule has 0 aliphatic carbocycles. The van der Waals surface area contributed by atoms with Crippen molar-refractivity contribution in [2.24, 2.45) is 0 Å². The molecule has 23 heavy (non-hydrogen) atoms. The Kier molecular flexibility index (Phi) is 4.58. The number of aliphatic hydroxyl groups is 3. The summed E-state index contributed by atoms with van der Waals surface area (Å²) in [6, 6.07) is 3.46. The van der Waals surface area contributed by atoms with E-state index in [4.69, 9.17) is 9.26 Å². The normalized spacial score (nSPS) is 27.9. The number of ether oxygens (including phenoxy) is 1. The Morgan fingerprint density at radius 2 is 2.04 bits per heavy atom. The Morgan fingerprint density at radius 3 is 2.74 bits per heavy atom. The van der Waals surface area contributed by atoms with Crippen LogP contribution in [-0.4, -0.2) is 55.0 Å². The molecule has 8 heteroatoms. The van der Waals surface area contributed by atoms with Crippen molar-refractivity contribution in [1.29, 1.82) is 0 Å². The molecule has 0 bridgehead atoms. The molecular formula is C15H18N2O5S. The maximum atomic E-state index is 10.1. The number of nitrogens with zero attached hydrogens (tertiary/aromatic N) is 2. The van der Waals surface area contributed by atoms with E-state index in [1.165, 1.54) is 11.8 Å². The zero-order valence-electron chi connectivity index (χ0n) is 12.7. The van der Waals surface area contributed by atoms with Crippen LogP contribution in [0.25, 0.3) is 11.3 Å². The van der Waals surface area contributed by atoms with Gasteiger partial charge in [0.15, 0.2) is 5.44 Å². The summed E-state index contributed by atoms with van der Waals surface area (Å²) in [6.45, 7) is 3.60. The fourth-order valence-corrected chi connectivity index (χ4v) is 3.62. The van der Waals surface area contributed by atoms with E-state index in [9.17, 15) is 15.3 Å². The first-order chi connectivity index (χ1) is 11.0. The molecule has 1 aliphatic heterocycles. The van der Waals surface area contributed by atoms with Gasteiger partial charge in [-0.2, -0.15) is 0 Å². The smallest absolute Gasteiger partial charge is 0.173 e. The Balaban J connectivity index is 1.90. The first-order valence-electron chi connectivity index (χ1n) is 7.19. The van der Waals surface area contributed by atoms with Gasteiger partial charge in [0.05, 0.1) is 17.4 Å². The molecule has 0 unspecified atom stereocenters. The second-order valence-electron chi connectivity index (χ2n) is 5.42. The maximum Gasteiger partial charge on any atom is 0.173 e. The summed E-state index contributed by atoms with van der Waals surface area (Å²) in [7, 11) is 0. The van der Waals surface area contributed by atoms with E-state index in [-0.39, 0.29) is 5.75 Å². The molecule has 3 N–H and O–H groups in total. The van der Waals surface area contributed by atoms with Crippen LogP contribution in [0.1, 0.15) is 11.5 Å². The number of thioether (sulfide) groups is 1. The van der Waals surface area contributed by atoms with Crippen LogP contribution in [0, 0.1) is 13.8 Å². The van der Waals surface area contributed by atoms with Crippen LogP contribution in [0.5, 0.6) is 5.75 Å². The number of pyridine rings is 1. The summed E-state index contributed by atoms with van der Waals surface area (Å²) >= 11 is 1.24. The summed E-state index contributed by atoms with van der Waals surface area (Å²) in [4.78, 5) is 4.34. The predicted octanol–water partition coefficient (Wildman–Crippen LogP) is 0.888. The van der Waals surface area contributed by atoms with E-state index in [1.807, 2.05) is 6.92 Å². The van der Waals surface area contributed by atoms with E-state index in [0.717, 1.165) is 5.56 Å². The second-order valence-corrected chi connectivity index (χ2v) is 6.55. The fraction of sp³-hybridized carbons (Fsp3) is 0.467. The molecule has 7 nitrogen and oxygen atoms in total. The quantitative estimate of drug-likeness (QED) is 0.757. The molecule has 124 valence electrons. The summed E-state index contributed by atoms with van der Waals surface area (Å²) in [6.07, 6.45) is -1.76. The highest BCUT2D eigenvalue weighted by molar-refractivity contribution is 7.99. The van der Waals surface area contributed by atoms with Crippen molar-refractivity contribution in [2.75, 3.05) is 5.75 Å². The zero-order valence-corrected chi connectivity index (χ0v) is 13.5. The van der Waals surface area contributed by atoms with Crippen molar-refractivity contribution in [3.63, 3.8) is 0 Å². The summed E-state index contributed by atoms with van der Waals surface area (Å²) in [5.41, 5.74) is 1.31. The van der Waals surface area contributed by atoms with Gasteiger partial charge in [0, 0.05) is 11.9 Å². The van der Waals surface area contributed by atoms with Gasteiger partial charge in [0.2, 0.25) is 0 Å². The topological polar surface area (TPSA) is 109 Å². The van der Waals surface area contributed by atoms with Crippen LogP contribution in [0.4, 0.5) is 0 Å². The Hall–Kier alpha value is -1.61. The van der Waals surface area contributed by atoms with Crippen molar-refractivity contribution in [3.8, 4) is 17.0 Å². The lowest BCUT2D eigenvalue weighted by Crippen LogP contribution is -2.50. The lowest BCUT2D eigenvalue weighted by atomic mass is 10.1. The monoisotopic (exact) mass is 338 g/mol. The lowest BCUT2D eigenvalue weighted by molar-refractivity contribution is -0.0785. The van der Waals surface area contributed by atoms with Gasteiger partial charge in [-0.25, -0.2) is 0 Å². The summed E-state index contributed by atoms with van der Waals surface area (Å²) in [5.74, 6) is 1.37. The highest BCUT2D eigenvalue weighted by Gasteiger charge is 2.39. The second kappa shape index (κ2) is 6.48. The molecule has 0 radical (unpaired) electrons. The number of hydrogen-bond donors (Lipinski definition) is 3. The molecule has 0 amide bonds. The number of rotatable bonds is 3. The molecule has 2 aromatic heterocycles. The van der Waals surface area contributed by atoms with E-state index >= 15 is 0 Å². The van der Waals surface area contributed by atoms with E-state index in [1.54, 1.807) is 25.3 Å². The number of aryl methyl sites for hydroxylation is 2. The Bertz CT molecular complexity index is 673. The molecule has 4 atom stereocenters. The van der Waals surface area contributed by atoms with Gasteiger partial charge >= 0.3 is 0 Å². The highest BCUT2D eigenvalue weighted by Crippen LogP contribution is 2.36. The van der Waals surface area contributed by atoms with Crippen LogP contribution < -0.4 is 4.74 Å². The summed E-state index contributed by atoms with van der Waals surface area (Å²) < 4.78 is 11.0. The number of aliphatic hydroxyl groups excluding tert-OH is 3. The van der Waals surface area contributed by atoms with Crippen molar-refractivity contribution < 1.29 is 24.6 Å². The van der Waals surface area contributed by atoms with Gasteiger partial charge < -0.3 is 24.6 Å². The van der Waals surface area contributed by atoms with Crippen LogP contribution in [0.3, 0.4) is 0 Å². The van der Waals surface area contributed by atoms with Crippen LogP contribution >= 0.6 is 11.8 Å². The van der Waals surface area contributed by atoms with Crippen molar-refractivity contribution in [1.82, 2.24) is 10.1 Å². The van der Waals surface area contributed by atoms with E-state index in [0.29, 0.717) is 22.9 Å². The van der Waals surface area contributed by atoms with Gasteiger partial charge in [0.1, 0.15) is 29.4 Å². The predicted molar refractivity (Wildman–Crippen MR) is 84.1 cm³/mol. The largest absolute Gasteiger partial charge is 0.475 e. The zero-order chi connectivity index (χ0) is 16.6. The Labute approximate surface area is 137 Å². The molecule has 1 saturated heterocycles. The third-order valence-corrected chi connectivity index (χ3v) is 4.98. The van der Waals surface area contributed by atoms with E-state index < -0.39 is 23.7 Å². The average Bonchev–Trinajstić information content (AvgIpc) is 2.87. The molecule has 0 saturated carbocycles. The standard InChI is InChI=1S/C15H18N2O5S/c1-7-11(8(2)22-17-7)12-10(4-3-5-16-12)21-15-14(20)13(19)9(18)6-23-15/h3-5,9,13-15,18-20H,6H2,1-2H3/t9-,13+,14-,15-/m1/s1. The van der Waals surface area contributed by atoms with Crippen molar-refractivity contribution in [3.05, 3.63) is 29.8 Å². The molecule has 1 aliphatic rings. The van der Waals surface area contributed by atoms with Crippen molar-refractivity contribution in [2.45, 2.75) is 37.6 Å². The minimum absolute atomic E-state index is 0.282. The van der Waals surface area contributed by atoms with Crippen LogP contribution in [0.15, 0.2) is 22.9 Å². The van der Waals surface area contributed by atoms with Crippen molar-refractivity contribution >= 4 is 11.8 Å². The average molecular weight is 338 g/mol. The number of aromatic nitrogens is 2. The fourth-order valence-electron chi connectivity index (χ4n) is 2.50. The summed E-state index contributed by atoms with van der Waals surface area (Å²) in [5, 5.41) is 33.4. The highest BCUT2D eigenvalue weighted by atomic mass is 32.2. The molecule has 3 heterocycles. The first kappa shape index (κ1) is 16.3. The minimum atomic E-state index is -1.24. The number of hydrogen-bond acceptors (Lipinski definition) is 8. The molecule has 1 fully saturated rings. The van der Waals surface area contributed by atoms with Gasteiger partial charge in [-0.1, -0.05) is 5.16 Å². The molecule has 3 rings (SSSR count). The third kappa shape index (κ3) is 3.07. The van der Waals surface area contributed by atoms with Gasteiger partial charge in [-0.15, -0.1) is 11.8 Å². The molecule has 0 aromatic carbocycles. The third-order valence-electron chi connectivity index (χ3n) is 3.74. The van der Waals surface area contributed by atoms with Gasteiger partial charge in [-0.3, -0.25) is 4.98 Å². The lowest BCUT2D eigenvalue weighted by Gasteiger charge is -2.34. The first-order valence-corrected chi connectivity index (χ1v) is 8.24. The van der Waals surface area contributed by atoms with Crippen LogP contribution in [0.2, 0.25) is 0 Å². The molecule has 0 spiro atoms. The maximum absolute atomic E-state index is 10.1. The van der Waals surface area contributed by atoms with Crippen LogP contribution in [-0.2, 0) is 0 Å². The Morgan fingerprint density at radius 1 is 1.26 bits per heavy atom. The SMILES string of the molecule is Cc1noc(C)c1-c1ncccc1O[C@@H]1SC[C@@H](O)[C@H](O)[C@H]1O. The van der Waals surface area contributed by atoms with Gasteiger partial charge in [0.25, 0.3) is 0 Å². The molecule has 2 aromatic rings. The van der Waals surface area contributed by atoms with E-state index in [2.05, 4.69) is 10.1 Å². The molecular weight excluding hydrogens is 320 g/mol. The van der Waals surface area contributed by atoms with Gasteiger partial charge in [-0.05, 0) is 26.0 Å². The minimum Gasteiger partial charge on any atom is -0.475 e.